The van der Waals surface area contributed by atoms with Crippen molar-refractivity contribution in [2.24, 2.45) is 14.1 Å². The van der Waals surface area contributed by atoms with E-state index in [4.69, 9.17) is 9.84 Å². The molecule has 3 amide bonds. The van der Waals surface area contributed by atoms with Gasteiger partial charge in [0.15, 0.2) is 0 Å². The van der Waals surface area contributed by atoms with Gasteiger partial charge in [-0.2, -0.15) is 0 Å². The fourth-order valence-corrected chi connectivity index (χ4v) is 3.54. The van der Waals surface area contributed by atoms with Gasteiger partial charge >= 0.3 is 6.09 Å². The van der Waals surface area contributed by atoms with Crippen LogP contribution in [0.5, 0.6) is 0 Å². The van der Waals surface area contributed by atoms with E-state index in [1.54, 1.807) is 74.5 Å². The molecule has 2 aromatic heterocycles. The minimum atomic E-state index is -0.626. The molecule has 0 saturated carbocycles. The average molecular weight is 496 g/mol. The van der Waals surface area contributed by atoms with Crippen LogP contribution in [-0.4, -0.2) is 50.9 Å². The highest BCUT2D eigenvalue weighted by Gasteiger charge is 2.19. The maximum Gasteiger partial charge on any atom is 0.412 e. The molecule has 0 unspecified atom stereocenters. The molecule has 192 valence electrons. The van der Waals surface area contributed by atoms with Gasteiger partial charge in [-0.15, -0.1) is 0 Å². The van der Waals surface area contributed by atoms with Crippen molar-refractivity contribution in [2.45, 2.75) is 32.8 Å². The number of aromatic nitrogens is 2. The number of rotatable bonds is 8. The van der Waals surface area contributed by atoms with Crippen molar-refractivity contribution in [3.8, 4) is 11.1 Å². The van der Waals surface area contributed by atoms with E-state index in [0.717, 1.165) is 11.1 Å². The zero-order valence-corrected chi connectivity index (χ0v) is 21.2. The zero-order valence-electron chi connectivity index (χ0n) is 21.2. The summed E-state index contributed by atoms with van der Waals surface area (Å²) >= 11 is 0. The van der Waals surface area contributed by atoms with E-state index >= 15 is 0 Å². The first-order chi connectivity index (χ1) is 17.0. The van der Waals surface area contributed by atoms with E-state index in [-0.39, 0.29) is 18.4 Å². The Balaban J connectivity index is 1.65. The van der Waals surface area contributed by atoms with E-state index in [2.05, 4.69) is 16.0 Å². The molecule has 0 spiro atoms. The second-order valence-corrected chi connectivity index (χ2v) is 9.44. The molecular formula is C26H33N5O5. The Bertz CT molecular complexity index is 1230. The highest BCUT2D eigenvalue weighted by atomic mass is 16.6. The molecular weight excluding hydrogens is 462 g/mol. The molecule has 10 nitrogen and oxygen atoms in total. The molecule has 0 saturated heterocycles. The number of hydrogen-bond acceptors (Lipinski definition) is 5. The third-order valence-electron chi connectivity index (χ3n) is 5.22. The third kappa shape index (κ3) is 6.98. The van der Waals surface area contributed by atoms with Crippen LogP contribution in [0.1, 0.15) is 48.2 Å². The fourth-order valence-electron chi connectivity index (χ4n) is 3.54. The summed E-state index contributed by atoms with van der Waals surface area (Å²) in [4.78, 5) is 37.2. The Kier molecular flexibility index (Phi) is 8.21. The van der Waals surface area contributed by atoms with Crippen molar-refractivity contribution in [1.29, 1.82) is 0 Å². The maximum absolute atomic E-state index is 12.8. The van der Waals surface area contributed by atoms with Gasteiger partial charge in [-0.3, -0.25) is 14.9 Å². The summed E-state index contributed by atoms with van der Waals surface area (Å²) in [6.45, 7) is 5.75. The molecule has 0 aliphatic carbocycles. The first-order valence-electron chi connectivity index (χ1n) is 11.6. The molecule has 2 heterocycles. The predicted molar refractivity (Wildman–Crippen MR) is 138 cm³/mol. The fraction of sp³-hybridized carbons (Fsp3) is 0.346. The van der Waals surface area contributed by atoms with Gasteiger partial charge in [0.1, 0.15) is 17.0 Å². The second kappa shape index (κ2) is 11.1. The number of aliphatic hydroxyl groups excluding tert-OH is 1. The van der Waals surface area contributed by atoms with Gasteiger partial charge in [0, 0.05) is 50.9 Å². The average Bonchev–Trinajstić information content (AvgIpc) is 3.35. The molecule has 10 heteroatoms. The summed E-state index contributed by atoms with van der Waals surface area (Å²) in [5.74, 6) is -0.534. The molecule has 0 bridgehead atoms. The van der Waals surface area contributed by atoms with Crippen molar-refractivity contribution in [2.75, 3.05) is 23.8 Å². The molecule has 36 heavy (non-hydrogen) atoms. The number of carbonyl (C=O) groups is 3. The van der Waals surface area contributed by atoms with Crippen LogP contribution in [0.15, 0.2) is 48.8 Å². The number of ether oxygens (including phenoxy) is 1. The van der Waals surface area contributed by atoms with E-state index < -0.39 is 11.7 Å². The zero-order chi connectivity index (χ0) is 26.5. The first kappa shape index (κ1) is 26.6. The largest absolute Gasteiger partial charge is 0.444 e. The lowest BCUT2D eigenvalue weighted by Gasteiger charge is -2.19. The normalized spacial score (nSPS) is 11.2. The smallest absolute Gasteiger partial charge is 0.412 e. The van der Waals surface area contributed by atoms with E-state index in [1.807, 2.05) is 18.3 Å². The molecule has 0 fully saturated rings. The Labute approximate surface area is 210 Å². The number of hydrogen-bond donors (Lipinski definition) is 4. The molecule has 0 radical (unpaired) electrons. The van der Waals surface area contributed by atoms with Crippen LogP contribution in [0.4, 0.5) is 16.2 Å². The number of aryl methyl sites for hydroxylation is 2. The Morgan fingerprint density at radius 2 is 1.50 bits per heavy atom. The highest BCUT2D eigenvalue weighted by Crippen LogP contribution is 2.24. The number of aliphatic hydroxyl groups is 1. The Morgan fingerprint density at radius 3 is 2.14 bits per heavy atom. The van der Waals surface area contributed by atoms with E-state index in [1.165, 1.54) is 0 Å². The van der Waals surface area contributed by atoms with Crippen LogP contribution in [-0.2, 0) is 18.8 Å². The third-order valence-corrected chi connectivity index (χ3v) is 5.22. The number of anilines is 2. The second-order valence-electron chi connectivity index (χ2n) is 9.44. The van der Waals surface area contributed by atoms with Crippen LogP contribution in [0.3, 0.4) is 0 Å². The molecule has 0 aliphatic heterocycles. The van der Waals surface area contributed by atoms with Crippen LogP contribution >= 0.6 is 0 Å². The van der Waals surface area contributed by atoms with Gasteiger partial charge in [0.05, 0.1) is 5.69 Å². The van der Waals surface area contributed by atoms with Crippen LogP contribution in [0.2, 0.25) is 0 Å². The van der Waals surface area contributed by atoms with Crippen LogP contribution < -0.4 is 16.0 Å². The molecule has 0 aliphatic rings. The Hall–Kier alpha value is -4.05. The standard InChI is InChI=1S/C26H33N5O5/c1-26(2,3)36-25(35)29-20-14-22(31(5)16-20)24(34)28-19-9-7-17(8-10-19)18-13-21(30(4)15-18)23(33)27-11-6-12-32/h7-10,13-16,32H,6,11-12H2,1-5H3,(H,27,33)(H,28,34)(H,29,35). The summed E-state index contributed by atoms with van der Waals surface area (Å²) in [5.41, 5.74) is 3.06. The summed E-state index contributed by atoms with van der Waals surface area (Å²) < 4.78 is 8.61. The van der Waals surface area contributed by atoms with Gasteiger partial charge in [-0.05, 0) is 57.0 Å². The topological polar surface area (TPSA) is 127 Å². The van der Waals surface area contributed by atoms with Crippen molar-refractivity contribution in [3.05, 3.63) is 60.2 Å². The van der Waals surface area contributed by atoms with Crippen LogP contribution in [0, 0.1) is 0 Å². The maximum atomic E-state index is 12.8. The minimum Gasteiger partial charge on any atom is -0.444 e. The van der Waals surface area contributed by atoms with E-state index in [9.17, 15) is 14.4 Å². The monoisotopic (exact) mass is 495 g/mol. The van der Waals surface area contributed by atoms with Crippen LogP contribution in [0.25, 0.3) is 11.1 Å². The van der Waals surface area contributed by atoms with Gasteiger partial charge in [-0.25, -0.2) is 4.79 Å². The lowest BCUT2D eigenvalue weighted by molar-refractivity contribution is 0.0635. The summed E-state index contributed by atoms with van der Waals surface area (Å²) in [5, 5.41) is 17.1. The van der Waals surface area contributed by atoms with Crippen molar-refractivity contribution in [1.82, 2.24) is 14.5 Å². The lowest BCUT2D eigenvalue weighted by atomic mass is 10.1. The number of nitrogens with one attached hydrogen (secondary N) is 3. The predicted octanol–water partition coefficient (Wildman–Crippen LogP) is 3.74. The van der Waals surface area contributed by atoms with Crippen molar-refractivity contribution >= 4 is 29.3 Å². The summed E-state index contributed by atoms with van der Waals surface area (Å²) in [6.07, 6.45) is 3.40. The SMILES string of the molecule is Cn1cc(-c2ccc(NC(=O)c3cc(NC(=O)OC(C)(C)C)cn3C)cc2)cc1C(=O)NCCCO. The molecule has 1 aromatic carbocycles. The number of amides is 3. The Morgan fingerprint density at radius 1 is 0.861 bits per heavy atom. The lowest BCUT2D eigenvalue weighted by Crippen LogP contribution is -2.27. The number of nitrogens with zero attached hydrogens (tertiary/aromatic N) is 2. The molecule has 0 atom stereocenters. The summed E-state index contributed by atoms with van der Waals surface area (Å²) in [6, 6.07) is 10.7. The number of benzene rings is 1. The minimum absolute atomic E-state index is 0.0236. The van der Waals surface area contributed by atoms with Crippen molar-refractivity contribution < 1.29 is 24.2 Å². The van der Waals surface area contributed by atoms with Gasteiger partial charge < -0.3 is 29.6 Å². The van der Waals surface area contributed by atoms with Gasteiger partial charge in [0.2, 0.25) is 0 Å². The quantitative estimate of drug-likeness (QED) is 0.354. The molecule has 3 rings (SSSR count). The van der Waals surface area contributed by atoms with Crippen molar-refractivity contribution in [3.63, 3.8) is 0 Å². The summed E-state index contributed by atoms with van der Waals surface area (Å²) in [7, 11) is 3.51. The first-order valence-corrected chi connectivity index (χ1v) is 11.6. The van der Waals surface area contributed by atoms with Gasteiger partial charge in [-0.1, -0.05) is 12.1 Å². The number of carbonyl (C=O) groups excluding carboxylic acids is 3. The van der Waals surface area contributed by atoms with Gasteiger partial charge in [0.25, 0.3) is 11.8 Å². The van der Waals surface area contributed by atoms with E-state index in [0.29, 0.717) is 35.7 Å². The molecule has 4 N–H and O–H groups in total. The molecule has 3 aromatic rings. The highest BCUT2D eigenvalue weighted by molar-refractivity contribution is 6.04.